The minimum atomic E-state index is -4.39. The van der Waals surface area contributed by atoms with Crippen LogP contribution in [0.15, 0.2) is 53.4 Å². The van der Waals surface area contributed by atoms with E-state index in [0.717, 1.165) is 23.3 Å². The lowest BCUT2D eigenvalue weighted by atomic mass is 9.96. The largest absolute Gasteiger partial charge is 0.496 e. The second kappa shape index (κ2) is 9.58. The molecule has 170 valence electrons. The van der Waals surface area contributed by atoms with Gasteiger partial charge in [-0.1, -0.05) is 30.5 Å². The molecule has 10 heteroatoms. The van der Waals surface area contributed by atoms with E-state index in [0.29, 0.717) is 47.1 Å². The van der Waals surface area contributed by atoms with E-state index >= 15 is 0 Å². The van der Waals surface area contributed by atoms with Gasteiger partial charge in [0.05, 0.1) is 17.7 Å². The van der Waals surface area contributed by atoms with E-state index in [2.05, 4.69) is 6.58 Å². The lowest BCUT2D eigenvalue weighted by molar-refractivity contribution is -0.137. The molecular weight excluding hydrogens is 443 g/mol. The summed E-state index contributed by atoms with van der Waals surface area (Å²) in [4.78, 5) is 13.8. The molecule has 0 fully saturated rings. The predicted molar refractivity (Wildman–Crippen MR) is 117 cm³/mol. The Bertz CT molecular complexity index is 1040. The summed E-state index contributed by atoms with van der Waals surface area (Å²) in [6.45, 7) is 5.22. The number of nitrogens with one attached hydrogen (secondary N) is 1. The molecule has 6 nitrogen and oxygen atoms in total. The van der Waals surface area contributed by atoms with Crippen molar-refractivity contribution in [3.8, 4) is 5.75 Å². The normalized spacial score (nSPS) is 14.0. The number of nitrogens with two attached hydrogens (primary N) is 1. The van der Waals surface area contributed by atoms with Gasteiger partial charge in [-0.05, 0) is 41.8 Å². The maximum Gasteiger partial charge on any atom is 0.416 e. The van der Waals surface area contributed by atoms with Crippen molar-refractivity contribution in [2.24, 2.45) is 5.73 Å². The smallest absolute Gasteiger partial charge is 0.416 e. The van der Waals surface area contributed by atoms with Gasteiger partial charge in [0.15, 0.2) is 0 Å². The lowest BCUT2D eigenvalue weighted by Crippen LogP contribution is -2.29. The zero-order valence-corrected chi connectivity index (χ0v) is 18.0. The highest BCUT2D eigenvalue weighted by atomic mass is 32.2. The number of ether oxygens (including phenoxy) is 1. The molecule has 1 aliphatic heterocycles. The summed E-state index contributed by atoms with van der Waals surface area (Å²) in [6, 6.07) is 7.94. The molecule has 1 heterocycles. The maximum atomic E-state index is 12.7. The number of nitrogens with zero attached hydrogens (tertiary/aromatic N) is 1. The Morgan fingerprint density at radius 3 is 2.56 bits per heavy atom. The quantitative estimate of drug-likeness (QED) is 0.434. The molecule has 2 aromatic rings. The van der Waals surface area contributed by atoms with Crippen LogP contribution in [-0.2, 0) is 19.1 Å². The fourth-order valence-corrected chi connectivity index (χ4v) is 4.05. The minimum Gasteiger partial charge on any atom is -0.496 e. The number of methoxy groups -OCH3 is 1. The fourth-order valence-electron chi connectivity index (χ4n) is 3.35. The fraction of sp³-hybridized carbons (Fsp3) is 0.227. The van der Waals surface area contributed by atoms with Crippen LogP contribution < -0.4 is 16.0 Å². The molecule has 0 unspecified atom stereocenters. The number of amides is 1. The number of alkyl halides is 3. The number of fused-ring (bicyclic) bond motifs is 1. The van der Waals surface area contributed by atoms with Gasteiger partial charge in [-0.2, -0.15) is 13.2 Å². The SMILES string of the molecule is C=C(S/C=C(\N)c1ccc(C(F)(F)F)cc1)N1CCc2cc(C(=O)NO)cc(OC)c2C1. The van der Waals surface area contributed by atoms with E-state index in [9.17, 15) is 18.0 Å². The number of carbonyl (C=O) groups excluding carboxylic acids is 1. The van der Waals surface area contributed by atoms with Crippen LogP contribution in [0.1, 0.15) is 32.6 Å². The van der Waals surface area contributed by atoms with Crippen LogP contribution in [-0.4, -0.2) is 29.7 Å². The number of hydrogen-bond acceptors (Lipinski definition) is 6. The van der Waals surface area contributed by atoms with E-state index in [1.165, 1.54) is 31.0 Å². The van der Waals surface area contributed by atoms with E-state index in [-0.39, 0.29) is 0 Å². The summed E-state index contributed by atoms with van der Waals surface area (Å²) in [5.41, 5.74) is 9.90. The highest BCUT2D eigenvalue weighted by molar-refractivity contribution is 8.05. The molecule has 1 aliphatic rings. The first-order valence-corrected chi connectivity index (χ1v) is 10.4. The van der Waals surface area contributed by atoms with Crippen molar-refractivity contribution in [2.75, 3.05) is 13.7 Å². The van der Waals surface area contributed by atoms with E-state index in [1.54, 1.807) is 23.0 Å². The van der Waals surface area contributed by atoms with Crippen molar-refractivity contribution in [1.29, 1.82) is 0 Å². The Morgan fingerprint density at radius 1 is 1.28 bits per heavy atom. The molecule has 32 heavy (non-hydrogen) atoms. The van der Waals surface area contributed by atoms with Crippen molar-refractivity contribution in [3.05, 3.63) is 81.2 Å². The third-order valence-corrected chi connectivity index (χ3v) is 6.01. The summed E-state index contributed by atoms with van der Waals surface area (Å²) in [5.74, 6) is -0.0826. The molecule has 0 aromatic heterocycles. The van der Waals surface area contributed by atoms with Gasteiger partial charge in [0.2, 0.25) is 0 Å². The molecule has 3 rings (SSSR count). The summed E-state index contributed by atoms with van der Waals surface area (Å²) in [5, 5.41) is 11.2. The maximum absolute atomic E-state index is 12.7. The van der Waals surface area contributed by atoms with Gasteiger partial charge in [0.1, 0.15) is 5.75 Å². The number of thioether (sulfide) groups is 1. The summed E-state index contributed by atoms with van der Waals surface area (Å²) >= 11 is 1.28. The summed E-state index contributed by atoms with van der Waals surface area (Å²) in [6.07, 6.45) is -3.76. The number of rotatable bonds is 6. The molecule has 4 N–H and O–H groups in total. The number of hydrogen-bond donors (Lipinski definition) is 3. The molecule has 1 amide bonds. The van der Waals surface area contributed by atoms with Gasteiger partial charge < -0.3 is 15.4 Å². The zero-order valence-electron chi connectivity index (χ0n) is 17.2. The van der Waals surface area contributed by atoms with E-state index in [4.69, 9.17) is 15.7 Å². The molecule has 2 aromatic carbocycles. The second-order valence-corrected chi connectivity index (χ2v) is 8.03. The summed E-state index contributed by atoms with van der Waals surface area (Å²) in [7, 11) is 1.51. The van der Waals surface area contributed by atoms with E-state index in [1.807, 2.05) is 4.90 Å². The first-order valence-electron chi connectivity index (χ1n) is 9.52. The van der Waals surface area contributed by atoms with Crippen LogP contribution in [0, 0.1) is 0 Å². The van der Waals surface area contributed by atoms with Gasteiger partial charge in [-0.25, -0.2) is 5.48 Å². The van der Waals surface area contributed by atoms with E-state index < -0.39 is 17.6 Å². The van der Waals surface area contributed by atoms with Gasteiger partial charge in [-0.15, -0.1) is 0 Å². The third-order valence-electron chi connectivity index (χ3n) is 5.11. The Hall–Kier alpha value is -3.11. The van der Waals surface area contributed by atoms with Crippen LogP contribution in [0.25, 0.3) is 5.70 Å². The molecule has 0 spiro atoms. The molecule has 0 aliphatic carbocycles. The molecule has 0 bridgehead atoms. The molecule has 0 saturated heterocycles. The van der Waals surface area contributed by atoms with Gasteiger partial charge in [0.25, 0.3) is 5.91 Å². The lowest BCUT2D eigenvalue weighted by Gasteiger charge is -2.32. The third kappa shape index (κ3) is 5.20. The van der Waals surface area contributed by atoms with Gasteiger partial charge in [-0.3, -0.25) is 10.0 Å². The number of carbonyl (C=O) groups is 1. The Morgan fingerprint density at radius 2 is 1.97 bits per heavy atom. The van der Waals surface area contributed by atoms with Crippen LogP contribution in [0.5, 0.6) is 5.75 Å². The highest BCUT2D eigenvalue weighted by Gasteiger charge is 2.30. The Labute approximate surface area is 187 Å². The van der Waals surface area contributed by atoms with Crippen LogP contribution in [0.2, 0.25) is 0 Å². The average Bonchev–Trinajstić information content (AvgIpc) is 2.80. The van der Waals surface area contributed by atoms with Crippen molar-refractivity contribution in [3.63, 3.8) is 0 Å². The van der Waals surface area contributed by atoms with Crippen LogP contribution in [0.4, 0.5) is 13.2 Å². The second-order valence-electron chi connectivity index (χ2n) is 7.09. The van der Waals surface area contributed by atoms with Crippen LogP contribution >= 0.6 is 11.8 Å². The zero-order chi connectivity index (χ0) is 23.5. The first kappa shape index (κ1) is 23.6. The molecule has 0 atom stereocenters. The number of benzene rings is 2. The van der Waals surface area contributed by atoms with Gasteiger partial charge in [0, 0.05) is 35.3 Å². The van der Waals surface area contributed by atoms with Crippen molar-refractivity contribution >= 4 is 23.4 Å². The molecule has 0 radical (unpaired) electrons. The summed E-state index contributed by atoms with van der Waals surface area (Å²) < 4.78 is 43.6. The van der Waals surface area contributed by atoms with Crippen molar-refractivity contribution in [1.82, 2.24) is 10.4 Å². The number of hydroxylamine groups is 1. The average molecular weight is 465 g/mol. The Balaban J connectivity index is 1.70. The Kier molecular flexibility index (Phi) is 7.05. The number of halogens is 3. The van der Waals surface area contributed by atoms with Crippen molar-refractivity contribution < 1.29 is 27.9 Å². The minimum absolute atomic E-state index is 0.303. The first-order chi connectivity index (χ1) is 15.1. The molecule has 0 saturated carbocycles. The van der Waals surface area contributed by atoms with Gasteiger partial charge >= 0.3 is 6.18 Å². The topological polar surface area (TPSA) is 87.8 Å². The van der Waals surface area contributed by atoms with Crippen molar-refractivity contribution in [2.45, 2.75) is 19.1 Å². The predicted octanol–water partition coefficient (Wildman–Crippen LogP) is 4.35. The molecular formula is C22H22F3N3O3S. The standard InChI is InChI=1S/C22H22F3N3O3S/c1-13(32-12-19(26)14-3-5-17(6-4-14)22(23,24)25)28-8-7-15-9-16(21(29)27-30)10-20(31-2)18(15)11-28/h3-6,9-10,12,30H,1,7-8,11,26H2,2H3,(H,27,29)/b19-12-. The monoisotopic (exact) mass is 465 g/mol. The van der Waals surface area contributed by atoms with Crippen LogP contribution in [0.3, 0.4) is 0 Å². The highest BCUT2D eigenvalue weighted by Crippen LogP contribution is 2.34.